The highest BCUT2D eigenvalue weighted by molar-refractivity contribution is 4.76. The molecule has 1 unspecified atom stereocenters. The van der Waals surface area contributed by atoms with Gasteiger partial charge in [-0.3, -0.25) is 0 Å². The molecule has 0 aromatic carbocycles. The predicted octanol–water partition coefficient (Wildman–Crippen LogP) is 7.65. The second-order valence-corrected chi connectivity index (χ2v) is 9.50. The maximum Gasteiger partial charge on any atom is 0.315 e. The van der Waals surface area contributed by atoms with Gasteiger partial charge in [-0.1, -0.05) is 74.1 Å². The largest absolute Gasteiger partial charge is 0.325 e. The van der Waals surface area contributed by atoms with Crippen molar-refractivity contribution in [3.05, 3.63) is 0 Å². The summed E-state index contributed by atoms with van der Waals surface area (Å²) in [5.74, 6) is -1.04. The summed E-state index contributed by atoms with van der Waals surface area (Å²) < 4.78 is 13.0. The van der Waals surface area contributed by atoms with Crippen molar-refractivity contribution in [3.63, 3.8) is 0 Å². The fourth-order valence-corrected chi connectivity index (χ4v) is 3.28. The molecule has 4 heteroatoms. The van der Waals surface area contributed by atoms with Crippen molar-refractivity contribution in [1.82, 2.24) is 0 Å². The lowest BCUT2D eigenvalue weighted by atomic mass is 9.92. The molecule has 0 saturated heterocycles. The van der Waals surface area contributed by atoms with Gasteiger partial charge in [-0.15, -0.1) is 0 Å². The van der Waals surface area contributed by atoms with Gasteiger partial charge in [0.2, 0.25) is 0 Å². The van der Waals surface area contributed by atoms with Gasteiger partial charge in [0.05, 0.1) is 18.8 Å². The first-order chi connectivity index (χ1) is 13.1. The third-order valence-electron chi connectivity index (χ3n) is 5.64. The van der Waals surface area contributed by atoms with Crippen LogP contribution in [0.2, 0.25) is 0 Å². The Hall–Kier alpha value is -0.160. The van der Waals surface area contributed by atoms with Crippen LogP contribution in [0.25, 0.3) is 0 Å². The van der Waals surface area contributed by atoms with Crippen molar-refractivity contribution in [2.45, 2.75) is 132 Å². The van der Waals surface area contributed by atoms with Gasteiger partial charge in [0.25, 0.3) is 0 Å². The van der Waals surface area contributed by atoms with Crippen molar-refractivity contribution in [1.29, 1.82) is 0 Å². The van der Waals surface area contributed by atoms with Crippen LogP contribution in [0.4, 0.5) is 0 Å². The van der Waals surface area contributed by atoms with Gasteiger partial charge >= 0.3 is 5.97 Å². The first-order valence-electron chi connectivity index (χ1n) is 11.8. The fourth-order valence-electron chi connectivity index (χ4n) is 3.28. The average Bonchev–Trinajstić information content (AvgIpc) is 2.62. The van der Waals surface area contributed by atoms with E-state index >= 15 is 0 Å². The summed E-state index contributed by atoms with van der Waals surface area (Å²) in [5, 5.41) is 0. The van der Waals surface area contributed by atoms with Crippen molar-refractivity contribution in [3.8, 4) is 0 Å². The minimum atomic E-state index is -1.15. The van der Waals surface area contributed by atoms with E-state index in [1.807, 2.05) is 0 Å². The summed E-state index contributed by atoms with van der Waals surface area (Å²) >= 11 is 0. The number of unbranched alkanes of at least 4 members (excludes halogenated alkanes) is 3. The van der Waals surface area contributed by atoms with Gasteiger partial charge in [-0.25, -0.2) is 4.89 Å². The topological polar surface area (TPSA) is 36.9 Å². The minimum Gasteiger partial charge on any atom is -0.325 e. The van der Waals surface area contributed by atoms with Gasteiger partial charge in [0, 0.05) is 5.92 Å². The molecular formula is C24H50O4. The van der Waals surface area contributed by atoms with E-state index in [1.165, 1.54) is 12.8 Å². The molecule has 0 aliphatic heterocycles. The molecule has 0 spiro atoms. The summed E-state index contributed by atoms with van der Waals surface area (Å²) in [6, 6.07) is 0. The fraction of sp³-hybridized carbons (Fsp3) is 1.00. The van der Waals surface area contributed by atoms with Crippen LogP contribution >= 0.6 is 0 Å². The molecule has 0 fully saturated rings. The molecule has 0 aromatic rings. The molecule has 0 rings (SSSR count). The number of rotatable bonds is 18. The van der Waals surface area contributed by atoms with E-state index in [4.69, 9.17) is 19.2 Å². The van der Waals surface area contributed by atoms with Crippen LogP contribution < -0.4 is 0 Å². The molecule has 0 N–H and O–H groups in total. The van der Waals surface area contributed by atoms with E-state index in [9.17, 15) is 0 Å². The molecule has 0 bridgehead atoms. The van der Waals surface area contributed by atoms with Crippen molar-refractivity contribution >= 4 is 0 Å². The molecule has 0 aliphatic carbocycles. The highest BCUT2D eigenvalue weighted by atomic mass is 17.3. The van der Waals surface area contributed by atoms with Crippen LogP contribution in [0, 0.1) is 11.3 Å². The van der Waals surface area contributed by atoms with Crippen molar-refractivity contribution in [2.75, 3.05) is 13.2 Å². The molecule has 4 nitrogen and oxygen atoms in total. The van der Waals surface area contributed by atoms with Gasteiger partial charge in [-0.05, 0) is 51.4 Å². The number of ether oxygens (including phenoxy) is 2. The first kappa shape index (κ1) is 27.8. The Labute approximate surface area is 176 Å². The lowest BCUT2D eigenvalue weighted by Gasteiger charge is -2.43. The van der Waals surface area contributed by atoms with Crippen LogP contribution in [-0.2, 0) is 19.2 Å². The third-order valence-corrected chi connectivity index (χ3v) is 5.64. The number of hydrogen-bond acceptors (Lipinski definition) is 4. The van der Waals surface area contributed by atoms with Crippen LogP contribution in [-0.4, -0.2) is 24.8 Å². The molecule has 1 atom stereocenters. The van der Waals surface area contributed by atoms with Gasteiger partial charge in [0.1, 0.15) is 0 Å². The number of hydrogen-bond donors (Lipinski definition) is 0. The summed E-state index contributed by atoms with van der Waals surface area (Å²) in [7, 11) is 0. The Kier molecular flexibility index (Phi) is 13.9. The Morgan fingerprint density at radius 1 is 0.786 bits per heavy atom. The Balaban J connectivity index is 5.44. The molecule has 0 aromatic heterocycles. The Bertz CT molecular complexity index is 377. The summed E-state index contributed by atoms with van der Waals surface area (Å²) in [5.41, 5.74) is -0.288. The average molecular weight is 403 g/mol. The zero-order chi connectivity index (χ0) is 21.7. The van der Waals surface area contributed by atoms with Crippen LogP contribution in [0.1, 0.15) is 120 Å². The van der Waals surface area contributed by atoms with Gasteiger partial charge < -0.3 is 9.47 Å². The molecule has 170 valence electrons. The second kappa shape index (κ2) is 14.0. The molecule has 28 heavy (non-hydrogen) atoms. The molecule has 0 aliphatic rings. The normalized spacial score (nSPS) is 15.2. The molecule has 0 radical (unpaired) electrons. The van der Waals surface area contributed by atoms with Crippen LogP contribution in [0.15, 0.2) is 0 Å². The van der Waals surface area contributed by atoms with E-state index in [-0.39, 0.29) is 16.9 Å². The highest BCUT2D eigenvalue weighted by Crippen LogP contribution is 2.37. The quantitative estimate of drug-likeness (QED) is 0.102. The molecule has 0 heterocycles. The SMILES string of the molecule is CCCCCCOC(OOCC(C)(C)CC)(OC(C)(C)CCC)C(CC)CC. The zero-order valence-electron chi connectivity index (χ0n) is 20.5. The van der Waals surface area contributed by atoms with E-state index in [0.717, 1.165) is 44.9 Å². The predicted molar refractivity (Wildman–Crippen MR) is 118 cm³/mol. The van der Waals surface area contributed by atoms with Crippen molar-refractivity contribution in [2.24, 2.45) is 11.3 Å². The molecule has 0 saturated carbocycles. The van der Waals surface area contributed by atoms with Gasteiger partial charge in [0.15, 0.2) is 0 Å². The summed E-state index contributed by atoms with van der Waals surface area (Å²) in [6.45, 7) is 20.6. The third kappa shape index (κ3) is 10.6. The lowest BCUT2D eigenvalue weighted by Crippen LogP contribution is -2.51. The minimum absolute atomic E-state index is 0.0553. The van der Waals surface area contributed by atoms with Crippen molar-refractivity contribution < 1.29 is 19.2 Å². The van der Waals surface area contributed by atoms with E-state index < -0.39 is 5.97 Å². The summed E-state index contributed by atoms with van der Waals surface area (Å²) in [4.78, 5) is 11.8. The van der Waals surface area contributed by atoms with E-state index in [1.54, 1.807) is 0 Å². The maximum absolute atomic E-state index is 6.60. The second-order valence-electron chi connectivity index (χ2n) is 9.50. The molecule has 0 amide bonds. The Morgan fingerprint density at radius 3 is 1.93 bits per heavy atom. The van der Waals surface area contributed by atoms with Crippen LogP contribution in [0.3, 0.4) is 0 Å². The van der Waals surface area contributed by atoms with Gasteiger partial charge in [-0.2, -0.15) is 4.89 Å². The van der Waals surface area contributed by atoms with E-state index in [2.05, 4.69) is 62.3 Å². The smallest absolute Gasteiger partial charge is 0.315 e. The zero-order valence-corrected chi connectivity index (χ0v) is 20.5. The Morgan fingerprint density at radius 2 is 1.43 bits per heavy atom. The highest BCUT2D eigenvalue weighted by Gasteiger charge is 2.46. The van der Waals surface area contributed by atoms with Crippen LogP contribution in [0.5, 0.6) is 0 Å². The monoisotopic (exact) mass is 402 g/mol. The first-order valence-corrected chi connectivity index (χ1v) is 11.8. The molecular weight excluding hydrogens is 352 g/mol. The lowest BCUT2D eigenvalue weighted by molar-refractivity contribution is -0.539. The maximum atomic E-state index is 6.60. The standard InChI is InChI=1S/C24H50O4/c1-10-15-16-17-19-25-24(21(12-3)13-4,27-23(8,9)18-11-2)28-26-20-22(6,7)14-5/h21H,10-20H2,1-9H3. The van der Waals surface area contributed by atoms with E-state index in [0.29, 0.717) is 13.2 Å². The summed E-state index contributed by atoms with van der Waals surface area (Å²) in [6.07, 6.45) is 9.45.